The van der Waals surface area contributed by atoms with Gasteiger partial charge in [-0.15, -0.1) is 0 Å². The summed E-state index contributed by atoms with van der Waals surface area (Å²) in [5, 5.41) is 8.18. The average molecular weight is 518 g/mol. The highest BCUT2D eigenvalue weighted by Gasteiger charge is 2.29. The summed E-state index contributed by atoms with van der Waals surface area (Å²) < 4.78 is 0. The van der Waals surface area contributed by atoms with Crippen LogP contribution in [0.3, 0.4) is 0 Å². The van der Waals surface area contributed by atoms with Crippen LogP contribution in [0.4, 0.5) is 0 Å². The molecule has 0 aromatic heterocycles. The van der Waals surface area contributed by atoms with Crippen LogP contribution in [0.15, 0.2) is 35.3 Å². The van der Waals surface area contributed by atoms with Crippen LogP contribution in [0, 0.1) is 11.8 Å². The summed E-state index contributed by atoms with van der Waals surface area (Å²) in [7, 11) is 0. The summed E-state index contributed by atoms with van der Waals surface area (Å²) in [4.78, 5) is 54.5. The van der Waals surface area contributed by atoms with Crippen molar-refractivity contribution in [1.29, 1.82) is 0 Å². The summed E-state index contributed by atoms with van der Waals surface area (Å²) in [6, 6.07) is 5.92. The van der Waals surface area contributed by atoms with E-state index in [1.54, 1.807) is 13.8 Å². The van der Waals surface area contributed by atoms with Crippen molar-refractivity contribution >= 4 is 30.0 Å². The monoisotopic (exact) mass is 517 g/mol. The van der Waals surface area contributed by atoms with E-state index in [4.69, 9.17) is 17.2 Å². The third-order valence-electron chi connectivity index (χ3n) is 5.73. The molecule has 0 fully saturated rings. The second kappa shape index (κ2) is 16.3. The third-order valence-corrected chi connectivity index (χ3v) is 5.73. The highest BCUT2D eigenvalue weighted by Crippen LogP contribution is 2.09. The molecule has 0 bridgehead atoms. The number of amides is 3. The Bertz CT molecular complexity index is 901. The number of benzene rings is 1. The minimum Gasteiger partial charge on any atom is -0.370 e. The summed E-state index contributed by atoms with van der Waals surface area (Å²) >= 11 is 0. The van der Waals surface area contributed by atoms with E-state index < -0.39 is 41.9 Å². The SMILES string of the molecule is CC(C)C[C@H](NC(=O)[C@H](CCCN=C(N)N)NC(=O)[C@@H](N)C(C)C)C(=O)N[C@H](C=O)Cc1ccccc1. The topological polar surface area (TPSA) is 195 Å². The number of guanidine groups is 1. The molecule has 9 N–H and O–H groups in total. The Labute approximate surface area is 219 Å². The second-order valence-corrected chi connectivity index (χ2v) is 9.91. The number of nitrogens with zero attached hydrogens (tertiary/aromatic N) is 1. The van der Waals surface area contributed by atoms with Gasteiger partial charge in [0.2, 0.25) is 17.7 Å². The van der Waals surface area contributed by atoms with E-state index in [0.29, 0.717) is 25.5 Å². The number of carbonyl (C=O) groups is 4. The third kappa shape index (κ3) is 12.4. The molecule has 1 rings (SSSR count). The van der Waals surface area contributed by atoms with Crippen molar-refractivity contribution in [3.05, 3.63) is 35.9 Å². The Kier molecular flexibility index (Phi) is 13.9. The predicted octanol–water partition coefficient (Wildman–Crippen LogP) is -0.0346. The van der Waals surface area contributed by atoms with Crippen LogP contribution in [0.2, 0.25) is 0 Å². The van der Waals surface area contributed by atoms with Gasteiger partial charge in [-0.1, -0.05) is 58.0 Å². The molecule has 0 aliphatic carbocycles. The van der Waals surface area contributed by atoms with Crippen LogP contribution < -0.4 is 33.2 Å². The van der Waals surface area contributed by atoms with E-state index >= 15 is 0 Å². The van der Waals surface area contributed by atoms with E-state index in [0.717, 1.165) is 5.56 Å². The van der Waals surface area contributed by atoms with E-state index in [1.165, 1.54) is 0 Å². The quantitative estimate of drug-likeness (QED) is 0.0766. The normalized spacial score (nSPS) is 14.2. The molecular weight excluding hydrogens is 474 g/mol. The molecule has 0 saturated carbocycles. The van der Waals surface area contributed by atoms with Gasteiger partial charge in [0.1, 0.15) is 18.4 Å². The first-order valence-electron chi connectivity index (χ1n) is 12.7. The first-order valence-corrected chi connectivity index (χ1v) is 12.7. The van der Waals surface area contributed by atoms with Gasteiger partial charge in [0.25, 0.3) is 0 Å². The van der Waals surface area contributed by atoms with Crippen LogP contribution >= 0.6 is 0 Å². The van der Waals surface area contributed by atoms with Gasteiger partial charge in [-0.05, 0) is 43.1 Å². The molecule has 0 saturated heterocycles. The largest absolute Gasteiger partial charge is 0.370 e. The number of aldehydes is 1. The molecule has 11 heteroatoms. The van der Waals surface area contributed by atoms with Gasteiger partial charge < -0.3 is 37.9 Å². The zero-order valence-corrected chi connectivity index (χ0v) is 22.3. The predicted molar refractivity (Wildman–Crippen MR) is 144 cm³/mol. The molecule has 1 aromatic rings. The Morgan fingerprint density at radius 3 is 2.05 bits per heavy atom. The number of aliphatic imine (C=N–C) groups is 1. The minimum absolute atomic E-state index is 0.0687. The van der Waals surface area contributed by atoms with Crippen molar-refractivity contribution in [2.24, 2.45) is 34.0 Å². The first-order chi connectivity index (χ1) is 17.4. The van der Waals surface area contributed by atoms with Gasteiger partial charge in [0, 0.05) is 6.54 Å². The average Bonchev–Trinajstić information content (AvgIpc) is 2.84. The fraction of sp³-hybridized carbons (Fsp3) is 0.577. The van der Waals surface area contributed by atoms with Crippen LogP contribution in [0.1, 0.15) is 52.5 Å². The summed E-state index contributed by atoms with van der Waals surface area (Å²) in [5.41, 5.74) is 17.6. The molecule has 11 nitrogen and oxygen atoms in total. The lowest BCUT2D eigenvalue weighted by atomic mass is 10.0. The number of nitrogens with one attached hydrogen (secondary N) is 3. The van der Waals surface area contributed by atoms with E-state index in [2.05, 4.69) is 20.9 Å². The first kappa shape index (κ1) is 31.6. The van der Waals surface area contributed by atoms with Crippen LogP contribution in [-0.2, 0) is 25.6 Å². The zero-order valence-electron chi connectivity index (χ0n) is 22.3. The molecule has 206 valence electrons. The smallest absolute Gasteiger partial charge is 0.243 e. The van der Waals surface area contributed by atoms with Crippen molar-refractivity contribution in [3.8, 4) is 0 Å². The van der Waals surface area contributed by atoms with Gasteiger partial charge in [0.05, 0.1) is 12.1 Å². The molecule has 1 aromatic carbocycles. The molecule has 0 heterocycles. The number of carbonyl (C=O) groups excluding carboxylic acids is 4. The molecule has 4 atom stereocenters. The van der Waals surface area contributed by atoms with Crippen LogP contribution in [0.5, 0.6) is 0 Å². The lowest BCUT2D eigenvalue weighted by molar-refractivity contribution is -0.133. The van der Waals surface area contributed by atoms with Gasteiger partial charge in [0.15, 0.2) is 5.96 Å². The maximum atomic E-state index is 13.2. The Hall–Kier alpha value is -3.47. The van der Waals surface area contributed by atoms with Crippen molar-refractivity contribution in [1.82, 2.24) is 16.0 Å². The van der Waals surface area contributed by atoms with E-state index in [-0.39, 0.29) is 30.8 Å². The zero-order chi connectivity index (χ0) is 28.0. The van der Waals surface area contributed by atoms with Gasteiger partial charge in [-0.2, -0.15) is 0 Å². The number of nitrogens with two attached hydrogens (primary N) is 3. The van der Waals surface area contributed by atoms with E-state index in [1.807, 2.05) is 44.2 Å². The highest BCUT2D eigenvalue weighted by atomic mass is 16.2. The number of hydrogen-bond acceptors (Lipinski definition) is 6. The molecule has 0 spiro atoms. The number of rotatable bonds is 16. The van der Waals surface area contributed by atoms with Gasteiger partial charge in [-0.3, -0.25) is 19.4 Å². The van der Waals surface area contributed by atoms with Crippen LogP contribution in [-0.4, -0.2) is 60.7 Å². The van der Waals surface area contributed by atoms with Gasteiger partial charge in [-0.25, -0.2) is 0 Å². The molecule has 0 aliphatic rings. The highest BCUT2D eigenvalue weighted by molar-refractivity contribution is 5.93. The fourth-order valence-electron chi connectivity index (χ4n) is 3.60. The van der Waals surface area contributed by atoms with Crippen molar-refractivity contribution in [3.63, 3.8) is 0 Å². The summed E-state index contributed by atoms with van der Waals surface area (Å²) in [5.74, 6) is -1.59. The number of hydrogen-bond donors (Lipinski definition) is 6. The Morgan fingerprint density at radius 2 is 1.51 bits per heavy atom. The molecule has 0 aliphatic heterocycles. The molecule has 0 unspecified atom stereocenters. The van der Waals surface area contributed by atoms with Crippen LogP contribution in [0.25, 0.3) is 0 Å². The molecule has 37 heavy (non-hydrogen) atoms. The lowest BCUT2D eigenvalue weighted by Gasteiger charge is -2.26. The fourth-order valence-corrected chi connectivity index (χ4v) is 3.60. The van der Waals surface area contributed by atoms with Crippen molar-refractivity contribution in [2.75, 3.05) is 6.54 Å². The summed E-state index contributed by atoms with van der Waals surface area (Å²) in [6.07, 6.45) is 2.00. The maximum Gasteiger partial charge on any atom is 0.243 e. The van der Waals surface area contributed by atoms with Crippen molar-refractivity contribution < 1.29 is 19.2 Å². The molecule has 3 amide bonds. The Morgan fingerprint density at radius 1 is 0.919 bits per heavy atom. The molecule has 0 radical (unpaired) electrons. The standard InChI is InChI=1S/C26H43N7O4/c1-16(2)13-21(24(36)31-19(15-34)14-18-9-6-5-7-10-18)33-23(35)20(11-8-12-30-26(28)29)32-25(37)22(27)17(3)4/h5-7,9-10,15-17,19-22H,8,11-14,27H2,1-4H3,(H,31,36)(H,32,37)(H,33,35)(H4,28,29,30)/t19-,20-,21-,22-/m0/s1. The summed E-state index contributed by atoms with van der Waals surface area (Å²) in [6.45, 7) is 7.72. The Balaban J connectivity index is 2.98. The van der Waals surface area contributed by atoms with E-state index in [9.17, 15) is 19.2 Å². The second-order valence-electron chi connectivity index (χ2n) is 9.91. The lowest BCUT2D eigenvalue weighted by Crippen LogP contribution is -2.57. The minimum atomic E-state index is -0.944. The maximum absolute atomic E-state index is 13.2. The van der Waals surface area contributed by atoms with Crippen molar-refractivity contribution in [2.45, 2.75) is 77.5 Å². The van der Waals surface area contributed by atoms with Gasteiger partial charge >= 0.3 is 0 Å². The molecular formula is C26H43N7O4.